The summed E-state index contributed by atoms with van der Waals surface area (Å²) in [6.07, 6.45) is 4.56. The van der Waals surface area contributed by atoms with E-state index in [0.717, 1.165) is 25.7 Å². The average molecular weight is 302 g/mol. The van der Waals surface area contributed by atoms with Crippen molar-refractivity contribution in [2.24, 2.45) is 0 Å². The van der Waals surface area contributed by atoms with Crippen molar-refractivity contribution in [2.45, 2.75) is 46.0 Å². The van der Waals surface area contributed by atoms with Gasteiger partial charge in [-0.05, 0) is 12.8 Å². The Hall–Kier alpha value is -1.14. The first-order valence-electron chi connectivity index (χ1n) is 7.89. The smallest absolute Gasteiger partial charge is 0.245 e. The van der Waals surface area contributed by atoms with Crippen LogP contribution in [0.3, 0.4) is 0 Å². The summed E-state index contributed by atoms with van der Waals surface area (Å²) in [5, 5.41) is 5.56. The van der Waals surface area contributed by atoms with Crippen LogP contribution in [0, 0.1) is 0 Å². The molecule has 2 N–H and O–H groups in total. The van der Waals surface area contributed by atoms with Gasteiger partial charge in [0.2, 0.25) is 11.8 Å². The third-order valence-electron chi connectivity index (χ3n) is 2.78. The van der Waals surface area contributed by atoms with Gasteiger partial charge < -0.3 is 20.1 Å². The molecule has 6 heteroatoms. The Morgan fingerprint density at radius 1 is 0.810 bits per heavy atom. The maximum atomic E-state index is 11.3. The molecule has 0 aromatic rings. The number of unbranched alkanes of at least 4 members (excludes halogenated alkanes) is 2. The first-order valence-corrected chi connectivity index (χ1v) is 7.89. The third-order valence-corrected chi connectivity index (χ3v) is 2.78. The van der Waals surface area contributed by atoms with Gasteiger partial charge in [0, 0.05) is 19.5 Å². The van der Waals surface area contributed by atoms with Gasteiger partial charge in [-0.3, -0.25) is 9.59 Å². The van der Waals surface area contributed by atoms with Gasteiger partial charge in [0.1, 0.15) is 6.61 Å². The van der Waals surface area contributed by atoms with E-state index in [9.17, 15) is 9.59 Å². The van der Waals surface area contributed by atoms with Crippen LogP contribution in [0.25, 0.3) is 0 Å². The van der Waals surface area contributed by atoms with E-state index in [-0.39, 0.29) is 18.4 Å². The molecule has 0 radical (unpaired) electrons. The topological polar surface area (TPSA) is 76.7 Å². The Kier molecular flexibility index (Phi) is 14.4. The van der Waals surface area contributed by atoms with E-state index >= 15 is 0 Å². The number of ether oxygens (including phenoxy) is 2. The fourth-order valence-corrected chi connectivity index (χ4v) is 1.53. The van der Waals surface area contributed by atoms with Crippen molar-refractivity contribution in [3.8, 4) is 0 Å². The molecule has 0 unspecified atom stereocenters. The fourth-order valence-electron chi connectivity index (χ4n) is 1.53. The van der Waals surface area contributed by atoms with Gasteiger partial charge in [-0.1, -0.05) is 26.7 Å². The number of carbonyl (C=O) groups excluding carboxylic acids is 2. The normalized spacial score (nSPS) is 10.4. The summed E-state index contributed by atoms with van der Waals surface area (Å²) in [7, 11) is 0. The van der Waals surface area contributed by atoms with Crippen LogP contribution in [-0.4, -0.2) is 51.3 Å². The van der Waals surface area contributed by atoms with Crippen LogP contribution >= 0.6 is 0 Å². The minimum Gasteiger partial charge on any atom is -0.377 e. The van der Waals surface area contributed by atoms with Gasteiger partial charge >= 0.3 is 0 Å². The van der Waals surface area contributed by atoms with Crippen molar-refractivity contribution in [1.29, 1.82) is 0 Å². The van der Waals surface area contributed by atoms with Gasteiger partial charge in [0.25, 0.3) is 0 Å². The first kappa shape index (κ1) is 19.9. The van der Waals surface area contributed by atoms with Crippen LogP contribution in [0.1, 0.15) is 46.0 Å². The zero-order valence-corrected chi connectivity index (χ0v) is 13.4. The molecule has 0 aromatic heterocycles. The number of carbonyl (C=O) groups is 2. The van der Waals surface area contributed by atoms with Crippen molar-refractivity contribution in [2.75, 3.05) is 39.5 Å². The van der Waals surface area contributed by atoms with Crippen molar-refractivity contribution in [3.05, 3.63) is 0 Å². The lowest BCUT2D eigenvalue weighted by molar-refractivity contribution is -0.126. The van der Waals surface area contributed by atoms with E-state index in [0.29, 0.717) is 39.3 Å². The number of hydrogen-bond acceptors (Lipinski definition) is 4. The molecule has 0 saturated carbocycles. The Balaban J connectivity index is 3.21. The SMILES string of the molecule is CCCCNC(=O)COCCOCCNC(=O)CCCC. The molecule has 0 aliphatic heterocycles. The molecule has 6 nitrogen and oxygen atoms in total. The van der Waals surface area contributed by atoms with E-state index in [2.05, 4.69) is 24.5 Å². The van der Waals surface area contributed by atoms with Crippen LogP contribution in [0.4, 0.5) is 0 Å². The zero-order chi connectivity index (χ0) is 15.8. The zero-order valence-electron chi connectivity index (χ0n) is 13.4. The van der Waals surface area contributed by atoms with Crippen LogP contribution in [0.2, 0.25) is 0 Å². The predicted molar refractivity (Wildman–Crippen MR) is 82.1 cm³/mol. The fraction of sp³-hybridized carbons (Fsp3) is 0.867. The molecule has 0 aliphatic rings. The maximum Gasteiger partial charge on any atom is 0.245 e. The first-order chi connectivity index (χ1) is 10.2. The Morgan fingerprint density at radius 2 is 1.48 bits per heavy atom. The molecule has 0 saturated heterocycles. The van der Waals surface area contributed by atoms with E-state index in [1.165, 1.54) is 0 Å². The molecule has 0 atom stereocenters. The molecule has 21 heavy (non-hydrogen) atoms. The van der Waals surface area contributed by atoms with E-state index in [1.807, 2.05) is 0 Å². The number of nitrogens with one attached hydrogen (secondary N) is 2. The highest BCUT2D eigenvalue weighted by molar-refractivity contribution is 5.77. The van der Waals surface area contributed by atoms with Crippen molar-refractivity contribution >= 4 is 11.8 Å². The van der Waals surface area contributed by atoms with Crippen LogP contribution < -0.4 is 10.6 Å². The molecular formula is C15H30N2O4. The van der Waals surface area contributed by atoms with Crippen molar-refractivity contribution in [3.63, 3.8) is 0 Å². The van der Waals surface area contributed by atoms with Gasteiger partial charge in [-0.2, -0.15) is 0 Å². The van der Waals surface area contributed by atoms with Gasteiger partial charge in [0.05, 0.1) is 19.8 Å². The lowest BCUT2D eigenvalue weighted by Crippen LogP contribution is -2.29. The molecule has 0 aliphatic carbocycles. The summed E-state index contributed by atoms with van der Waals surface area (Å²) in [5.74, 6) is -0.0212. The summed E-state index contributed by atoms with van der Waals surface area (Å²) in [5.41, 5.74) is 0. The average Bonchev–Trinajstić information content (AvgIpc) is 2.48. The Bertz CT molecular complexity index is 272. The molecule has 0 bridgehead atoms. The molecule has 0 fully saturated rings. The summed E-state index contributed by atoms with van der Waals surface area (Å²) in [4.78, 5) is 22.6. The van der Waals surface area contributed by atoms with E-state index < -0.39 is 0 Å². The van der Waals surface area contributed by atoms with Crippen LogP contribution in [0.15, 0.2) is 0 Å². The van der Waals surface area contributed by atoms with Crippen LogP contribution in [0.5, 0.6) is 0 Å². The molecule has 0 aromatic carbocycles. The van der Waals surface area contributed by atoms with E-state index in [1.54, 1.807) is 0 Å². The standard InChI is InChI=1S/C15H30N2O4/c1-3-5-7-14(18)17-9-10-20-11-12-21-13-15(19)16-8-6-4-2/h3-13H2,1-2H3,(H,16,19)(H,17,18). The van der Waals surface area contributed by atoms with Gasteiger partial charge in [-0.25, -0.2) is 0 Å². The lowest BCUT2D eigenvalue weighted by Gasteiger charge is -2.07. The Morgan fingerprint density at radius 3 is 2.19 bits per heavy atom. The lowest BCUT2D eigenvalue weighted by atomic mass is 10.2. The summed E-state index contributed by atoms with van der Waals surface area (Å²) in [6, 6.07) is 0. The Labute approximate surface area is 127 Å². The predicted octanol–water partition coefficient (Wildman–Crippen LogP) is 1.24. The highest BCUT2D eigenvalue weighted by Gasteiger charge is 2.01. The summed E-state index contributed by atoms with van der Waals surface area (Å²) < 4.78 is 10.5. The van der Waals surface area contributed by atoms with E-state index in [4.69, 9.17) is 9.47 Å². The minimum atomic E-state index is -0.0911. The second-order valence-electron chi connectivity index (χ2n) is 4.82. The number of amides is 2. The maximum absolute atomic E-state index is 11.3. The molecule has 0 spiro atoms. The van der Waals surface area contributed by atoms with Gasteiger partial charge in [0.15, 0.2) is 0 Å². The number of rotatable bonds is 14. The second kappa shape index (κ2) is 15.3. The minimum absolute atomic E-state index is 0.0699. The molecule has 0 rings (SSSR count). The van der Waals surface area contributed by atoms with Crippen LogP contribution in [-0.2, 0) is 19.1 Å². The largest absolute Gasteiger partial charge is 0.377 e. The summed E-state index contributed by atoms with van der Waals surface area (Å²) >= 11 is 0. The quantitative estimate of drug-likeness (QED) is 0.473. The monoisotopic (exact) mass is 302 g/mol. The molecule has 0 heterocycles. The number of hydrogen-bond donors (Lipinski definition) is 2. The van der Waals surface area contributed by atoms with Gasteiger partial charge in [-0.15, -0.1) is 0 Å². The molecule has 124 valence electrons. The highest BCUT2D eigenvalue weighted by atomic mass is 16.5. The second-order valence-corrected chi connectivity index (χ2v) is 4.82. The van der Waals surface area contributed by atoms with Crippen molar-refractivity contribution in [1.82, 2.24) is 10.6 Å². The molecular weight excluding hydrogens is 272 g/mol. The third kappa shape index (κ3) is 15.1. The highest BCUT2D eigenvalue weighted by Crippen LogP contribution is 1.92. The summed E-state index contributed by atoms with van der Waals surface area (Å²) in [6.45, 7) is 6.68. The molecule has 2 amide bonds. The van der Waals surface area contributed by atoms with Crippen molar-refractivity contribution < 1.29 is 19.1 Å².